The molecule has 0 saturated heterocycles. The molecule has 2 atom stereocenters. The largest absolute Gasteiger partial charge is 0.472 e. The molecule has 0 saturated carbocycles. The SMILES string of the molecule is CCC(C)CC(O)Cc1ccoc1. The Labute approximate surface area is 79.6 Å². The molecular formula is C11H18O2. The molecule has 1 rings (SSSR count). The third kappa shape index (κ3) is 3.64. The van der Waals surface area contributed by atoms with Gasteiger partial charge in [-0.05, 0) is 24.0 Å². The van der Waals surface area contributed by atoms with Gasteiger partial charge in [-0.1, -0.05) is 20.3 Å². The highest BCUT2D eigenvalue weighted by Gasteiger charge is 2.09. The summed E-state index contributed by atoms with van der Waals surface area (Å²) in [5.41, 5.74) is 1.08. The summed E-state index contributed by atoms with van der Waals surface area (Å²) in [6.45, 7) is 4.31. The van der Waals surface area contributed by atoms with Crippen molar-refractivity contribution in [1.29, 1.82) is 0 Å². The van der Waals surface area contributed by atoms with Crippen LogP contribution in [0.3, 0.4) is 0 Å². The average Bonchev–Trinajstić information content (AvgIpc) is 2.56. The maximum absolute atomic E-state index is 9.68. The van der Waals surface area contributed by atoms with E-state index in [1.54, 1.807) is 12.5 Å². The summed E-state index contributed by atoms with van der Waals surface area (Å²) in [5.74, 6) is 0.599. The van der Waals surface area contributed by atoms with Crippen LogP contribution in [0.25, 0.3) is 0 Å². The van der Waals surface area contributed by atoms with E-state index in [9.17, 15) is 5.11 Å². The first-order valence-electron chi connectivity index (χ1n) is 4.91. The molecule has 0 spiro atoms. The Morgan fingerprint density at radius 3 is 2.85 bits per heavy atom. The van der Waals surface area contributed by atoms with Gasteiger partial charge in [0.2, 0.25) is 0 Å². The summed E-state index contributed by atoms with van der Waals surface area (Å²) < 4.78 is 4.94. The molecule has 0 aromatic carbocycles. The van der Waals surface area contributed by atoms with Gasteiger partial charge in [-0.25, -0.2) is 0 Å². The third-order valence-electron chi connectivity index (χ3n) is 2.42. The Morgan fingerprint density at radius 2 is 2.31 bits per heavy atom. The zero-order valence-corrected chi connectivity index (χ0v) is 8.36. The van der Waals surface area contributed by atoms with E-state index >= 15 is 0 Å². The zero-order chi connectivity index (χ0) is 9.68. The van der Waals surface area contributed by atoms with Gasteiger partial charge in [0, 0.05) is 6.42 Å². The minimum Gasteiger partial charge on any atom is -0.472 e. The van der Waals surface area contributed by atoms with Crippen LogP contribution in [0.4, 0.5) is 0 Å². The van der Waals surface area contributed by atoms with Crippen molar-refractivity contribution in [3.05, 3.63) is 24.2 Å². The number of rotatable bonds is 5. The van der Waals surface area contributed by atoms with E-state index in [2.05, 4.69) is 13.8 Å². The van der Waals surface area contributed by atoms with Crippen LogP contribution in [-0.2, 0) is 6.42 Å². The minimum absolute atomic E-state index is 0.229. The van der Waals surface area contributed by atoms with Gasteiger partial charge in [0.05, 0.1) is 18.6 Å². The van der Waals surface area contributed by atoms with Gasteiger partial charge in [0.15, 0.2) is 0 Å². The zero-order valence-electron chi connectivity index (χ0n) is 8.36. The fourth-order valence-electron chi connectivity index (χ4n) is 1.40. The van der Waals surface area contributed by atoms with E-state index in [-0.39, 0.29) is 6.10 Å². The van der Waals surface area contributed by atoms with Gasteiger partial charge in [-0.15, -0.1) is 0 Å². The second kappa shape index (κ2) is 5.07. The normalized spacial score (nSPS) is 15.6. The van der Waals surface area contributed by atoms with Crippen molar-refractivity contribution in [2.45, 2.75) is 39.2 Å². The van der Waals surface area contributed by atoms with Crippen molar-refractivity contribution < 1.29 is 9.52 Å². The standard InChI is InChI=1S/C11H18O2/c1-3-9(2)6-11(12)7-10-4-5-13-8-10/h4-5,8-9,11-12H,3,6-7H2,1-2H3. The molecule has 0 radical (unpaired) electrons. The van der Waals surface area contributed by atoms with Crippen molar-refractivity contribution in [1.82, 2.24) is 0 Å². The van der Waals surface area contributed by atoms with E-state index in [1.807, 2.05) is 6.07 Å². The van der Waals surface area contributed by atoms with E-state index < -0.39 is 0 Å². The molecule has 74 valence electrons. The molecular weight excluding hydrogens is 164 g/mol. The quantitative estimate of drug-likeness (QED) is 0.759. The number of aliphatic hydroxyl groups excluding tert-OH is 1. The predicted octanol–water partition coefficient (Wildman–Crippen LogP) is 2.62. The molecule has 0 aliphatic carbocycles. The maximum Gasteiger partial charge on any atom is 0.0935 e. The van der Waals surface area contributed by atoms with Crippen LogP contribution in [0.15, 0.2) is 23.0 Å². The van der Waals surface area contributed by atoms with E-state index in [1.165, 1.54) is 0 Å². The number of hydrogen-bond acceptors (Lipinski definition) is 2. The van der Waals surface area contributed by atoms with Crippen LogP contribution in [0.5, 0.6) is 0 Å². The van der Waals surface area contributed by atoms with Gasteiger partial charge in [-0.3, -0.25) is 0 Å². The molecule has 2 unspecified atom stereocenters. The second-order valence-electron chi connectivity index (χ2n) is 3.74. The van der Waals surface area contributed by atoms with Gasteiger partial charge in [0.1, 0.15) is 0 Å². The molecule has 0 amide bonds. The first-order valence-corrected chi connectivity index (χ1v) is 4.91. The van der Waals surface area contributed by atoms with E-state index in [4.69, 9.17) is 4.42 Å². The van der Waals surface area contributed by atoms with Crippen LogP contribution in [0, 0.1) is 5.92 Å². The highest BCUT2D eigenvalue weighted by molar-refractivity contribution is 5.06. The van der Waals surface area contributed by atoms with E-state index in [0.717, 1.165) is 18.4 Å². The van der Waals surface area contributed by atoms with Crippen molar-refractivity contribution in [2.24, 2.45) is 5.92 Å². The molecule has 2 nitrogen and oxygen atoms in total. The second-order valence-corrected chi connectivity index (χ2v) is 3.74. The fourth-order valence-corrected chi connectivity index (χ4v) is 1.40. The van der Waals surface area contributed by atoms with Crippen molar-refractivity contribution in [3.63, 3.8) is 0 Å². The molecule has 0 aliphatic heterocycles. The average molecular weight is 182 g/mol. The molecule has 2 heteroatoms. The topological polar surface area (TPSA) is 33.4 Å². The van der Waals surface area contributed by atoms with Crippen LogP contribution in [0.2, 0.25) is 0 Å². The molecule has 1 N–H and O–H groups in total. The van der Waals surface area contributed by atoms with Crippen molar-refractivity contribution >= 4 is 0 Å². The van der Waals surface area contributed by atoms with Gasteiger partial charge < -0.3 is 9.52 Å². The van der Waals surface area contributed by atoms with Gasteiger partial charge in [-0.2, -0.15) is 0 Å². The molecule has 0 fully saturated rings. The van der Waals surface area contributed by atoms with Crippen LogP contribution < -0.4 is 0 Å². The number of aliphatic hydroxyl groups is 1. The lowest BCUT2D eigenvalue weighted by molar-refractivity contribution is 0.144. The monoisotopic (exact) mass is 182 g/mol. The smallest absolute Gasteiger partial charge is 0.0935 e. The maximum atomic E-state index is 9.68. The van der Waals surface area contributed by atoms with Gasteiger partial charge in [0.25, 0.3) is 0 Å². The summed E-state index contributed by atoms with van der Waals surface area (Å²) in [6, 6.07) is 1.90. The van der Waals surface area contributed by atoms with E-state index in [0.29, 0.717) is 12.3 Å². The molecule has 0 aliphatic rings. The summed E-state index contributed by atoms with van der Waals surface area (Å²) in [4.78, 5) is 0. The highest BCUT2D eigenvalue weighted by atomic mass is 16.3. The Morgan fingerprint density at radius 1 is 1.54 bits per heavy atom. The van der Waals surface area contributed by atoms with Crippen molar-refractivity contribution in [2.75, 3.05) is 0 Å². The molecule has 0 bridgehead atoms. The molecule has 1 aromatic rings. The number of hydrogen-bond donors (Lipinski definition) is 1. The van der Waals surface area contributed by atoms with Crippen LogP contribution >= 0.6 is 0 Å². The summed E-state index contributed by atoms with van der Waals surface area (Å²) in [5, 5.41) is 9.68. The van der Waals surface area contributed by atoms with Crippen LogP contribution in [-0.4, -0.2) is 11.2 Å². The lowest BCUT2D eigenvalue weighted by Gasteiger charge is -2.13. The van der Waals surface area contributed by atoms with Gasteiger partial charge >= 0.3 is 0 Å². The Balaban J connectivity index is 2.29. The third-order valence-corrected chi connectivity index (χ3v) is 2.42. The van der Waals surface area contributed by atoms with Crippen LogP contribution in [0.1, 0.15) is 32.3 Å². The highest BCUT2D eigenvalue weighted by Crippen LogP contribution is 2.13. The predicted molar refractivity (Wildman–Crippen MR) is 52.5 cm³/mol. The Kier molecular flexibility index (Phi) is 4.03. The summed E-state index contributed by atoms with van der Waals surface area (Å²) in [6.07, 6.45) is 5.82. The summed E-state index contributed by atoms with van der Waals surface area (Å²) >= 11 is 0. The molecule has 13 heavy (non-hydrogen) atoms. The Bertz CT molecular complexity index is 216. The number of furan rings is 1. The Hall–Kier alpha value is -0.760. The van der Waals surface area contributed by atoms with Crippen molar-refractivity contribution in [3.8, 4) is 0 Å². The first-order chi connectivity index (χ1) is 6.22. The molecule has 1 heterocycles. The first kappa shape index (κ1) is 10.3. The fraction of sp³-hybridized carbons (Fsp3) is 0.636. The molecule has 1 aromatic heterocycles. The summed E-state index contributed by atoms with van der Waals surface area (Å²) in [7, 11) is 0. The lowest BCUT2D eigenvalue weighted by atomic mass is 9.98. The minimum atomic E-state index is -0.229. The lowest BCUT2D eigenvalue weighted by Crippen LogP contribution is -2.13.